The average Bonchev–Trinajstić information content (AvgIpc) is 3.35. The molecule has 2 fully saturated rings. The van der Waals surface area contributed by atoms with Gasteiger partial charge in [-0.25, -0.2) is 18.2 Å². The number of sulfonamides is 1. The molecule has 2 aliphatic rings. The number of nitrogens with zero attached hydrogens (tertiary/aromatic N) is 1. The largest absolute Gasteiger partial charge is 0.374 e. The summed E-state index contributed by atoms with van der Waals surface area (Å²) in [6.45, 7) is 2.26. The summed E-state index contributed by atoms with van der Waals surface area (Å²) in [5, 5.41) is 12.5. The number of hydrogen-bond donors (Lipinski definition) is 3. The lowest BCUT2D eigenvalue weighted by Crippen LogP contribution is -2.42. The van der Waals surface area contributed by atoms with Crippen molar-refractivity contribution in [2.24, 2.45) is 11.8 Å². The van der Waals surface area contributed by atoms with Gasteiger partial charge < -0.3 is 10.1 Å². The molecule has 184 valence electrons. The van der Waals surface area contributed by atoms with Crippen molar-refractivity contribution in [1.29, 1.82) is 0 Å². The molecule has 0 aliphatic carbocycles. The Morgan fingerprint density at radius 3 is 2.53 bits per heavy atom. The first kappa shape index (κ1) is 26.8. The summed E-state index contributed by atoms with van der Waals surface area (Å²) >= 11 is 0. The summed E-state index contributed by atoms with van der Waals surface area (Å²) < 4.78 is 32.3. The van der Waals surface area contributed by atoms with Crippen molar-refractivity contribution in [1.82, 2.24) is 15.1 Å². The number of rotatable bonds is 15. The monoisotopic (exact) mass is 473 g/mol. The Morgan fingerprint density at radius 2 is 1.84 bits per heavy atom. The fourth-order valence-corrected chi connectivity index (χ4v) is 5.55. The Kier molecular flexibility index (Phi) is 11.1. The van der Waals surface area contributed by atoms with Crippen LogP contribution in [-0.4, -0.2) is 68.6 Å². The third-order valence-electron chi connectivity index (χ3n) is 6.29. The minimum atomic E-state index is -3.42. The predicted octanol–water partition coefficient (Wildman–Crippen LogP) is 1.97. The molecular formula is C22H39N3O6S. The first-order valence-electron chi connectivity index (χ1n) is 11.7. The van der Waals surface area contributed by atoms with Crippen molar-refractivity contribution >= 4 is 21.8 Å². The number of hydroxylamine groups is 2. The van der Waals surface area contributed by atoms with Crippen LogP contribution >= 0.6 is 0 Å². The highest BCUT2D eigenvalue weighted by Crippen LogP contribution is 2.44. The maximum absolute atomic E-state index is 12.2. The molecule has 4 atom stereocenters. The number of amides is 2. The zero-order chi connectivity index (χ0) is 23.6. The first-order chi connectivity index (χ1) is 15.2. The molecule has 2 aliphatic heterocycles. The molecule has 2 amide bonds. The van der Waals surface area contributed by atoms with E-state index >= 15 is 0 Å². The van der Waals surface area contributed by atoms with E-state index in [1.54, 1.807) is 0 Å². The van der Waals surface area contributed by atoms with Crippen LogP contribution in [0.4, 0.5) is 0 Å². The van der Waals surface area contributed by atoms with Gasteiger partial charge in [-0.15, -0.1) is 0 Å². The van der Waals surface area contributed by atoms with Crippen LogP contribution in [0.3, 0.4) is 0 Å². The van der Waals surface area contributed by atoms with E-state index in [0.29, 0.717) is 36.8 Å². The highest BCUT2D eigenvalue weighted by Gasteiger charge is 2.47. The van der Waals surface area contributed by atoms with Crippen LogP contribution in [0.25, 0.3) is 0 Å². The molecule has 2 saturated heterocycles. The second-order valence-electron chi connectivity index (χ2n) is 8.79. The highest BCUT2D eigenvalue weighted by molar-refractivity contribution is 7.89. The minimum absolute atomic E-state index is 0.0492. The zero-order valence-corrected chi connectivity index (χ0v) is 20.1. The van der Waals surface area contributed by atoms with Gasteiger partial charge in [0.1, 0.15) is 0 Å². The molecule has 0 spiro atoms. The maximum Gasteiger partial charge on any atom is 0.245 e. The van der Waals surface area contributed by atoms with Gasteiger partial charge in [-0.1, -0.05) is 31.9 Å². The van der Waals surface area contributed by atoms with E-state index in [-0.39, 0.29) is 42.2 Å². The van der Waals surface area contributed by atoms with Gasteiger partial charge in [0.05, 0.1) is 24.5 Å². The van der Waals surface area contributed by atoms with E-state index in [9.17, 15) is 18.0 Å². The Hall–Kier alpha value is -1.49. The minimum Gasteiger partial charge on any atom is -0.374 e. The van der Waals surface area contributed by atoms with Crippen LogP contribution in [0.15, 0.2) is 12.2 Å². The normalized spacial score (nSPS) is 24.8. The Balaban J connectivity index is 1.71. The Labute approximate surface area is 192 Å². The molecule has 9 nitrogen and oxygen atoms in total. The number of carbonyl (C=O) groups excluding carboxylic acids is 2. The van der Waals surface area contributed by atoms with Crippen molar-refractivity contribution in [2.75, 3.05) is 25.9 Å². The van der Waals surface area contributed by atoms with E-state index in [1.165, 1.54) is 7.05 Å². The topological polar surface area (TPSA) is 125 Å². The molecule has 2 bridgehead atoms. The van der Waals surface area contributed by atoms with Crippen LogP contribution in [-0.2, 0) is 24.3 Å². The molecule has 0 radical (unpaired) electrons. The third-order valence-corrected chi connectivity index (χ3v) is 7.70. The second kappa shape index (κ2) is 13.3. The molecule has 0 aromatic carbocycles. The van der Waals surface area contributed by atoms with Crippen molar-refractivity contribution in [2.45, 2.75) is 76.9 Å². The van der Waals surface area contributed by atoms with Crippen LogP contribution < -0.4 is 10.0 Å². The van der Waals surface area contributed by atoms with Gasteiger partial charge in [-0.3, -0.25) is 14.8 Å². The number of unbranched alkanes of at least 4 members (excludes halogenated alkanes) is 3. The fourth-order valence-electron chi connectivity index (χ4n) is 4.47. The van der Waals surface area contributed by atoms with Crippen LogP contribution in [0.1, 0.15) is 64.7 Å². The fraction of sp³-hybridized carbons (Fsp3) is 0.818. The van der Waals surface area contributed by atoms with Crippen molar-refractivity contribution in [3.05, 3.63) is 12.2 Å². The molecule has 0 aromatic rings. The van der Waals surface area contributed by atoms with E-state index < -0.39 is 10.0 Å². The van der Waals surface area contributed by atoms with Gasteiger partial charge in [0.25, 0.3) is 0 Å². The van der Waals surface area contributed by atoms with Crippen molar-refractivity contribution in [3.8, 4) is 0 Å². The first-order valence-corrected chi connectivity index (χ1v) is 13.4. The number of carbonyl (C=O) groups is 2. The lowest BCUT2D eigenvalue weighted by atomic mass is 9.77. The van der Waals surface area contributed by atoms with Crippen LogP contribution in [0.2, 0.25) is 0 Å². The highest BCUT2D eigenvalue weighted by atomic mass is 32.2. The van der Waals surface area contributed by atoms with E-state index in [0.717, 1.165) is 38.5 Å². The third kappa shape index (κ3) is 8.80. The molecule has 32 heavy (non-hydrogen) atoms. The molecule has 2 heterocycles. The molecule has 10 heteroatoms. The van der Waals surface area contributed by atoms with Gasteiger partial charge in [0, 0.05) is 25.9 Å². The molecule has 2 rings (SSSR count). The second-order valence-corrected chi connectivity index (χ2v) is 10.7. The lowest BCUT2D eigenvalue weighted by molar-refractivity contribution is -0.159. The Bertz CT molecular complexity index is 740. The summed E-state index contributed by atoms with van der Waals surface area (Å²) in [4.78, 5) is 23.5. The van der Waals surface area contributed by atoms with E-state index in [2.05, 4.69) is 22.2 Å². The van der Waals surface area contributed by atoms with Crippen LogP contribution in [0, 0.1) is 11.8 Å². The SMILES string of the molecule is CCCCCS(=O)(=O)NCC(=O)NC[C@@H]1[C@H](C/C=C\CCCC(=O)N(C)O)[C@@H]2CC[C@H]1O2. The lowest BCUT2D eigenvalue weighted by Gasteiger charge is -2.27. The number of allylic oxidation sites excluding steroid dienone is 2. The summed E-state index contributed by atoms with van der Waals surface area (Å²) in [5.74, 6) is -0.0267. The number of nitrogens with one attached hydrogen (secondary N) is 2. The molecule has 0 saturated carbocycles. The van der Waals surface area contributed by atoms with Gasteiger partial charge >= 0.3 is 0 Å². The summed E-state index contributed by atoms with van der Waals surface area (Å²) in [5.41, 5.74) is 0. The molecule has 0 aromatic heterocycles. The zero-order valence-electron chi connectivity index (χ0n) is 19.3. The number of hydrogen-bond acceptors (Lipinski definition) is 6. The van der Waals surface area contributed by atoms with Gasteiger partial charge in [0.2, 0.25) is 21.8 Å². The van der Waals surface area contributed by atoms with E-state index in [4.69, 9.17) is 9.94 Å². The van der Waals surface area contributed by atoms with Gasteiger partial charge in [0.15, 0.2) is 0 Å². The van der Waals surface area contributed by atoms with Gasteiger partial charge in [-0.05, 0) is 44.4 Å². The quantitative estimate of drug-likeness (QED) is 0.145. The van der Waals surface area contributed by atoms with Crippen LogP contribution in [0.5, 0.6) is 0 Å². The summed E-state index contributed by atoms with van der Waals surface area (Å²) in [6.07, 6.45) is 11.5. The molecule has 3 N–H and O–H groups in total. The number of fused-ring (bicyclic) bond motifs is 2. The molecule has 0 unspecified atom stereocenters. The van der Waals surface area contributed by atoms with Crippen molar-refractivity contribution < 1.29 is 28.0 Å². The molecular weight excluding hydrogens is 434 g/mol. The summed E-state index contributed by atoms with van der Waals surface area (Å²) in [6, 6.07) is 0. The predicted molar refractivity (Wildman–Crippen MR) is 121 cm³/mol. The summed E-state index contributed by atoms with van der Waals surface area (Å²) in [7, 11) is -2.09. The smallest absolute Gasteiger partial charge is 0.245 e. The number of ether oxygens (including phenoxy) is 1. The Morgan fingerprint density at radius 1 is 1.12 bits per heavy atom. The standard InChI is InChI=1S/C22H39N3O6S/c1-3-4-9-14-32(29,30)24-16-21(26)23-15-18-17(19-12-13-20(18)31-19)10-7-5-6-8-11-22(27)25(2)28/h5,7,17-20,24,28H,3-4,6,8-16H2,1-2H3,(H,23,26)/b7-5-/t17-,18+,19-,20+/m0/s1. The van der Waals surface area contributed by atoms with Gasteiger partial charge in [-0.2, -0.15) is 0 Å². The van der Waals surface area contributed by atoms with Crippen molar-refractivity contribution in [3.63, 3.8) is 0 Å². The average molecular weight is 474 g/mol. The van der Waals surface area contributed by atoms with E-state index in [1.807, 2.05) is 6.92 Å². The maximum atomic E-state index is 12.2.